The molecule has 18 heavy (non-hydrogen) atoms. The summed E-state index contributed by atoms with van der Waals surface area (Å²) in [6, 6.07) is 0. The molecule has 0 radical (unpaired) electrons. The first-order valence-electron chi connectivity index (χ1n) is 6.67. The Morgan fingerprint density at radius 1 is 1.22 bits per heavy atom. The molecule has 0 amide bonds. The Bertz CT molecular complexity index is 329. The van der Waals surface area contributed by atoms with E-state index in [0.29, 0.717) is 12.3 Å². The second kappa shape index (κ2) is 6.66. The third-order valence-electron chi connectivity index (χ3n) is 3.13. The molecule has 1 aliphatic carbocycles. The van der Waals surface area contributed by atoms with Gasteiger partial charge in [-0.25, -0.2) is 0 Å². The minimum atomic E-state index is -0.906. The number of esters is 1. The van der Waals surface area contributed by atoms with Crippen LogP contribution in [0.25, 0.3) is 0 Å². The highest BCUT2D eigenvalue weighted by Gasteiger charge is 2.33. The van der Waals surface area contributed by atoms with Crippen molar-refractivity contribution in [1.82, 2.24) is 0 Å². The Labute approximate surface area is 108 Å². The molecule has 0 aromatic rings. The van der Waals surface area contributed by atoms with Crippen molar-refractivity contribution in [2.24, 2.45) is 17.8 Å². The van der Waals surface area contributed by atoms with E-state index in [1.807, 2.05) is 0 Å². The Morgan fingerprint density at radius 2 is 1.83 bits per heavy atom. The summed E-state index contributed by atoms with van der Waals surface area (Å²) < 4.78 is 4.88. The summed E-state index contributed by atoms with van der Waals surface area (Å²) in [6.07, 6.45) is 2.69. The molecule has 1 aliphatic rings. The standard InChI is InChI=1S/C14H22O4/c1-4-18-14(17)12(13(16)9(2)3)8-11(15)7-10-5-6-10/h9-10,12H,4-8H2,1-3H3. The molecule has 0 N–H and O–H groups in total. The van der Waals surface area contributed by atoms with Crippen molar-refractivity contribution in [1.29, 1.82) is 0 Å². The molecule has 1 unspecified atom stereocenters. The number of hydrogen-bond acceptors (Lipinski definition) is 4. The molecule has 0 aliphatic heterocycles. The summed E-state index contributed by atoms with van der Waals surface area (Å²) in [7, 11) is 0. The zero-order valence-corrected chi connectivity index (χ0v) is 11.4. The average molecular weight is 254 g/mol. The smallest absolute Gasteiger partial charge is 0.316 e. The van der Waals surface area contributed by atoms with Gasteiger partial charge >= 0.3 is 5.97 Å². The fraction of sp³-hybridized carbons (Fsp3) is 0.786. The van der Waals surface area contributed by atoms with Crippen LogP contribution in [0.4, 0.5) is 0 Å². The van der Waals surface area contributed by atoms with Crippen molar-refractivity contribution < 1.29 is 19.1 Å². The van der Waals surface area contributed by atoms with Gasteiger partial charge < -0.3 is 4.74 Å². The molecule has 1 atom stereocenters. The van der Waals surface area contributed by atoms with Gasteiger partial charge in [0.25, 0.3) is 0 Å². The van der Waals surface area contributed by atoms with E-state index in [2.05, 4.69) is 0 Å². The highest BCUT2D eigenvalue weighted by Crippen LogP contribution is 2.33. The predicted octanol–water partition coefficient (Wildman–Crippen LogP) is 2.15. The van der Waals surface area contributed by atoms with Gasteiger partial charge in [-0.3, -0.25) is 14.4 Å². The summed E-state index contributed by atoms with van der Waals surface area (Å²) >= 11 is 0. The average Bonchev–Trinajstić information content (AvgIpc) is 3.08. The number of carbonyl (C=O) groups excluding carboxylic acids is 3. The molecule has 0 spiro atoms. The lowest BCUT2D eigenvalue weighted by Gasteiger charge is -2.15. The molecule has 0 aromatic heterocycles. The first kappa shape index (κ1) is 14.9. The summed E-state index contributed by atoms with van der Waals surface area (Å²) in [5.41, 5.74) is 0. The second-order valence-electron chi connectivity index (χ2n) is 5.25. The van der Waals surface area contributed by atoms with Gasteiger partial charge in [-0.05, 0) is 25.7 Å². The van der Waals surface area contributed by atoms with Crippen LogP contribution in [-0.4, -0.2) is 24.1 Å². The zero-order valence-electron chi connectivity index (χ0n) is 11.4. The van der Waals surface area contributed by atoms with E-state index in [1.165, 1.54) is 0 Å². The van der Waals surface area contributed by atoms with Crippen LogP contribution in [0.3, 0.4) is 0 Å². The first-order chi connectivity index (χ1) is 8.45. The number of carbonyl (C=O) groups is 3. The van der Waals surface area contributed by atoms with E-state index >= 15 is 0 Å². The van der Waals surface area contributed by atoms with Crippen molar-refractivity contribution >= 4 is 17.5 Å². The minimum Gasteiger partial charge on any atom is -0.465 e. The van der Waals surface area contributed by atoms with Gasteiger partial charge in [0.1, 0.15) is 17.5 Å². The normalized spacial score (nSPS) is 16.4. The predicted molar refractivity (Wildman–Crippen MR) is 66.9 cm³/mol. The van der Waals surface area contributed by atoms with Gasteiger partial charge in [0.2, 0.25) is 0 Å². The van der Waals surface area contributed by atoms with Crippen LogP contribution >= 0.6 is 0 Å². The Hall–Kier alpha value is -1.19. The van der Waals surface area contributed by atoms with Gasteiger partial charge in [-0.15, -0.1) is 0 Å². The van der Waals surface area contributed by atoms with Crippen molar-refractivity contribution in [2.75, 3.05) is 6.61 Å². The van der Waals surface area contributed by atoms with E-state index in [1.54, 1.807) is 20.8 Å². The van der Waals surface area contributed by atoms with Gasteiger partial charge in [-0.2, -0.15) is 0 Å². The fourth-order valence-electron chi connectivity index (χ4n) is 1.90. The van der Waals surface area contributed by atoms with E-state index < -0.39 is 11.9 Å². The van der Waals surface area contributed by atoms with Crippen LogP contribution in [0.1, 0.15) is 46.5 Å². The monoisotopic (exact) mass is 254 g/mol. The number of rotatable bonds is 8. The molecular formula is C14H22O4. The van der Waals surface area contributed by atoms with Crippen molar-refractivity contribution in [3.63, 3.8) is 0 Å². The molecule has 0 saturated heterocycles. The van der Waals surface area contributed by atoms with Crippen LogP contribution in [0.2, 0.25) is 0 Å². The molecule has 0 bridgehead atoms. The summed E-state index contributed by atoms with van der Waals surface area (Å²) in [5.74, 6) is -1.43. The topological polar surface area (TPSA) is 60.4 Å². The molecule has 4 heteroatoms. The van der Waals surface area contributed by atoms with Crippen LogP contribution in [0.5, 0.6) is 0 Å². The number of ether oxygens (including phenoxy) is 1. The Morgan fingerprint density at radius 3 is 2.28 bits per heavy atom. The third-order valence-corrected chi connectivity index (χ3v) is 3.13. The van der Waals surface area contributed by atoms with Crippen molar-refractivity contribution in [3.05, 3.63) is 0 Å². The number of Topliss-reactive ketones (excluding diaryl/α,β-unsaturated/α-hetero) is 2. The molecule has 0 heterocycles. The molecular weight excluding hydrogens is 232 g/mol. The van der Waals surface area contributed by atoms with Crippen molar-refractivity contribution in [3.8, 4) is 0 Å². The third kappa shape index (κ3) is 4.59. The van der Waals surface area contributed by atoms with Gasteiger partial charge in [0, 0.05) is 18.8 Å². The molecule has 1 fully saturated rings. The maximum Gasteiger partial charge on any atom is 0.316 e. The fourth-order valence-corrected chi connectivity index (χ4v) is 1.90. The highest BCUT2D eigenvalue weighted by atomic mass is 16.5. The lowest BCUT2D eigenvalue weighted by molar-refractivity contribution is -0.154. The Balaban J connectivity index is 2.60. The van der Waals surface area contributed by atoms with Crippen LogP contribution < -0.4 is 0 Å². The summed E-state index contributed by atoms with van der Waals surface area (Å²) in [4.78, 5) is 35.5. The lowest BCUT2D eigenvalue weighted by atomic mass is 9.90. The van der Waals surface area contributed by atoms with E-state index in [9.17, 15) is 14.4 Å². The maximum atomic E-state index is 11.9. The van der Waals surface area contributed by atoms with Gasteiger partial charge in [0.05, 0.1) is 6.61 Å². The first-order valence-corrected chi connectivity index (χ1v) is 6.67. The van der Waals surface area contributed by atoms with Gasteiger partial charge in [-0.1, -0.05) is 13.8 Å². The number of ketones is 2. The maximum absolute atomic E-state index is 11.9. The van der Waals surface area contributed by atoms with E-state index in [4.69, 9.17) is 4.74 Å². The van der Waals surface area contributed by atoms with E-state index in [-0.39, 0.29) is 30.5 Å². The van der Waals surface area contributed by atoms with Crippen molar-refractivity contribution in [2.45, 2.75) is 46.5 Å². The molecule has 4 nitrogen and oxygen atoms in total. The summed E-state index contributed by atoms with van der Waals surface area (Å²) in [6.45, 7) is 5.40. The van der Waals surface area contributed by atoms with Crippen LogP contribution in [0.15, 0.2) is 0 Å². The molecule has 1 rings (SSSR count). The van der Waals surface area contributed by atoms with Gasteiger partial charge in [0.15, 0.2) is 0 Å². The quantitative estimate of drug-likeness (QED) is 0.492. The minimum absolute atomic E-state index is 0.00422. The zero-order chi connectivity index (χ0) is 13.7. The highest BCUT2D eigenvalue weighted by molar-refractivity contribution is 6.03. The van der Waals surface area contributed by atoms with E-state index in [0.717, 1.165) is 12.8 Å². The number of hydrogen-bond donors (Lipinski definition) is 0. The molecule has 1 saturated carbocycles. The summed E-state index contributed by atoms with van der Waals surface area (Å²) in [5, 5.41) is 0. The molecule has 102 valence electrons. The largest absolute Gasteiger partial charge is 0.465 e. The van der Waals surface area contributed by atoms with Crippen LogP contribution in [0, 0.1) is 17.8 Å². The second-order valence-corrected chi connectivity index (χ2v) is 5.25. The SMILES string of the molecule is CCOC(=O)C(CC(=O)CC1CC1)C(=O)C(C)C. The van der Waals surface area contributed by atoms with Crippen LogP contribution in [-0.2, 0) is 19.1 Å². The lowest BCUT2D eigenvalue weighted by Crippen LogP contribution is -2.31. The Kier molecular flexibility index (Phi) is 5.51. The molecule has 0 aromatic carbocycles.